The van der Waals surface area contributed by atoms with Crippen molar-refractivity contribution < 1.29 is 4.79 Å². The second-order valence-electron chi connectivity index (χ2n) is 8.12. The lowest BCUT2D eigenvalue weighted by atomic mass is 9.69. The van der Waals surface area contributed by atoms with Crippen LogP contribution in [0.1, 0.15) is 44.8 Å². The van der Waals surface area contributed by atoms with Crippen LogP contribution < -0.4 is 11.4 Å². The van der Waals surface area contributed by atoms with Gasteiger partial charge in [0, 0.05) is 11.6 Å². The van der Waals surface area contributed by atoms with E-state index < -0.39 is 0 Å². The normalized spacial score (nSPS) is 23.5. The summed E-state index contributed by atoms with van der Waals surface area (Å²) in [4.78, 5) is 26.6. The van der Waals surface area contributed by atoms with Gasteiger partial charge in [-0.15, -0.1) is 0 Å². The molecule has 0 radical (unpaired) electrons. The van der Waals surface area contributed by atoms with Crippen molar-refractivity contribution in [1.29, 1.82) is 0 Å². The number of fused-ring (bicyclic) bond motifs is 1. The minimum Gasteiger partial charge on any atom is -0.401 e. The third kappa shape index (κ3) is 3.22. The van der Waals surface area contributed by atoms with E-state index in [-0.39, 0.29) is 24.1 Å². The van der Waals surface area contributed by atoms with Crippen LogP contribution in [0.15, 0.2) is 41.3 Å². The minimum atomic E-state index is -0.316. The number of carbonyl (C=O) groups is 1. The highest BCUT2D eigenvalue weighted by atomic mass is 16.2. The Morgan fingerprint density at radius 1 is 1.27 bits per heavy atom. The fourth-order valence-corrected chi connectivity index (χ4v) is 4.43. The first-order valence-electron chi connectivity index (χ1n) is 9.49. The van der Waals surface area contributed by atoms with E-state index in [9.17, 15) is 9.59 Å². The van der Waals surface area contributed by atoms with E-state index >= 15 is 0 Å². The third-order valence-electron chi connectivity index (χ3n) is 5.76. The summed E-state index contributed by atoms with van der Waals surface area (Å²) in [5, 5.41) is 0. The summed E-state index contributed by atoms with van der Waals surface area (Å²) in [5.41, 5.74) is 7.21. The second kappa shape index (κ2) is 7.14. The molecule has 3 atom stereocenters. The van der Waals surface area contributed by atoms with E-state index in [2.05, 4.69) is 27.4 Å². The van der Waals surface area contributed by atoms with Gasteiger partial charge in [-0.3, -0.25) is 9.36 Å². The first-order chi connectivity index (χ1) is 12.3. The molecule has 1 aliphatic rings. The van der Waals surface area contributed by atoms with Crippen LogP contribution in [-0.2, 0) is 6.54 Å². The number of hydrogen-bond donors (Lipinski definition) is 1. The van der Waals surface area contributed by atoms with E-state index in [0.29, 0.717) is 29.0 Å². The fraction of sp³-hybridized carbons (Fsp3) is 0.524. The predicted octanol–water partition coefficient (Wildman–Crippen LogP) is 3.62. The van der Waals surface area contributed by atoms with Gasteiger partial charge in [0.25, 0.3) is 0 Å². The minimum absolute atomic E-state index is 0.0715. The summed E-state index contributed by atoms with van der Waals surface area (Å²) in [7, 11) is 0. The van der Waals surface area contributed by atoms with E-state index in [1.54, 1.807) is 4.57 Å². The lowest BCUT2D eigenvalue weighted by Crippen LogP contribution is -2.40. The third-order valence-corrected chi connectivity index (χ3v) is 5.76. The van der Waals surface area contributed by atoms with Gasteiger partial charge >= 0.3 is 5.69 Å². The van der Waals surface area contributed by atoms with Gasteiger partial charge in [-0.25, -0.2) is 9.36 Å². The molecule has 5 nitrogen and oxygen atoms in total. The molecule has 3 rings (SSSR count). The van der Waals surface area contributed by atoms with Crippen molar-refractivity contribution in [2.75, 3.05) is 0 Å². The Balaban J connectivity index is 2.12. The lowest BCUT2D eigenvalue weighted by Gasteiger charge is -2.36. The van der Waals surface area contributed by atoms with Gasteiger partial charge in [0.15, 0.2) is 0 Å². The Bertz CT molecular complexity index is 890. The molecular weight excluding hydrogens is 326 g/mol. The standard InChI is InChI=1S/C21H29N3O2/c1-13(2)16-10-9-14(3)11-17(16)20(25)24-19-8-6-5-7-18(19)23(21(24)26)12-15(4)22/h5-8,13-14,16-17H,4,9-12,22H2,1-3H3/t14-,16+,17-/m1/s1. The van der Waals surface area contributed by atoms with Gasteiger partial charge < -0.3 is 5.73 Å². The highest BCUT2D eigenvalue weighted by Gasteiger charge is 2.37. The molecule has 0 saturated heterocycles. The Labute approximate surface area is 154 Å². The van der Waals surface area contributed by atoms with Crippen molar-refractivity contribution >= 4 is 16.9 Å². The van der Waals surface area contributed by atoms with Crippen LogP contribution in [0.25, 0.3) is 11.0 Å². The van der Waals surface area contributed by atoms with Crippen molar-refractivity contribution in [3.8, 4) is 0 Å². The van der Waals surface area contributed by atoms with Crippen molar-refractivity contribution in [3.63, 3.8) is 0 Å². The molecule has 1 aliphatic carbocycles. The summed E-state index contributed by atoms with van der Waals surface area (Å²) in [6.45, 7) is 10.5. The number of rotatable bonds is 4. The average Bonchev–Trinajstić information content (AvgIpc) is 2.85. The van der Waals surface area contributed by atoms with Gasteiger partial charge in [0.05, 0.1) is 17.6 Å². The molecule has 1 fully saturated rings. The van der Waals surface area contributed by atoms with E-state index in [1.165, 1.54) is 4.57 Å². The highest BCUT2D eigenvalue weighted by Crippen LogP contribution is 2.39. The maximum Gasteiger partial charge on any atom is 0.336 e. The van der Waals surface area contributed by atoms with Gasteiger partial charge in [-0.1, -0.05) is 45.9 Å². The Morgan fingerprint density at radius 3 is 2.54 bits per heavy atom. The molecule has 1 aromatic carbocycles. The van der Waals surface area contributed by atoms with Crippen molar-refractivity contribution in [3.05, 3.63) is 47.0 Å². The van der Waals surface area contributed by atoms with Crippen LogP contribution in [0.4, 0.5) is 0 Å². The summed E-state index contributed by atoms with van der Waals surface area (Å²) >= 11 is 0. The summed E-state index contributed by atoms with van der Waals surface area (Å²) in [6.07, 6.45) is 3.04. The molecule has 0 unspecified atom stereocenters. The van der Waals surface area contributed by atoms with Crippen LogP contribution in [0.3, 0.4) is 0 Å². The van der Waals surface area contributed by atoms with Crippen LogP contribution >= 0.6 is 0 Å². The number of carbonyl (C=O) groups excluding carboxylic acids is 1. The first kappa shape index (κ1) is 18.5. The molecule has 0 bridgehead atoms. The second-order valence-corrected chi connectivity index (χ2v) is 8.12. The van der Waals surface area contributed by atoms with Crippen LogP contribution in [0.5, 0.6) is 0 Å². The molecule has 5 heteroatoms. The quantitative estimate of drug-likeness (QED) is 0.910. The van der Waals surface area contributed by atoms with E-state index in [4.69, 9.17) is 5.73 Å². The number of aromatic nitrogens is 2. The van der Waals surface area contributed by atoms with Crippen LogP contribution in [-0.4, -0.2) is 15.0 Å². The molecule has 0 amide bonds. The van der Waals surface area contributed by atoms with Gasteiger partial charge in [0.1, 0.15) is 0 Å². The molecule has 1 aromatic heterocycles. The van der Waals surface area contributed by atoms with E-state index in [1.807, 2.05) is 24.3 Å². The molecule has 1 heterocycles. The molecule has 0 aliphatic heterocycles. The SMILES string of the molecule is C=C(N)Cn1c(=O)n(C(=O)[C@@H]2C[C@H](C)CC[C@H]2C(C)C)c2ccccc21. The van der Waals surface area contributed by atoms with Crippen LogP contribution in [0.2, 0.25) is 0 Å². The lowest BCUT2D eigenvalue weighted by molar-refractivity contribution is 0.0633. The summed E-state index contributed by atoms with van der Waals surface area (Å²) < 4.78 is 2.92. The predicted molar refractivity (Wildman–Crippen MR) is 105 cm³/mol. The fourth-order valence-electron chi connectivity index (χ4n) is 4.43. The number of para-hydroxylation sites is 2. The van der Waals surface area contributed by atoms with Crippen molar-refractivity contribution in [2.24, 2.45) is 29.4 Å². The highest BCUT2D eigenvalue weighted by molar-refractivity contribution is 5.92. The number of imidazole rings is 1. The molecule has 1 saturated carbocycles. The molecule has 2 N–H and O–H groups in total. The topological polar surface area (TPSA) is 70.0 Å². The smallest absolute Gasteiger partial charge is 0.336 e. The largest absolute Gasteiger partial charge is 0.401 e. The average molecular weight is 355 g/mol. The Kier molecular flexibility index (Phi) is 5.08. The summed E-state index contributed by atoms with van der Waals surface area (Å²) in [6, 6.07) is 7.41. The maximum absolute atomic E-state index is 13.5. The number of nitrogens with zero attached hydrogens (tertiary/aromatic N) is 2. The number of allylic oxidation sites excluding steroid dienone is 1. The Hall–Kier alpha value is -2.30. The monoisotopic (exact) mass is 355 g/mol. The van der Waals surface area contributed by atoms with Gasteiger partial charge in [-0.2, -0.15) is 0 Å². The molecule has 140 valence electrons. The van der Waals surface area contributed by atoms with E-state index in [0.717, 1.165) is 24.8 Å². The first-order valence-corrected chi connectivity index (χ1v) is 9.49. The van der Waals surface area contributed by atoms with Gasteiger partial charge in [0.2, 0.25) is 5.91 Å². The Morgan fingerprint density at radius 2 is 1.92 bits per heavy atom. The summed E-state index contributed by atoms with van der Waals surface area (Å²) in [5.74, 6) is 1.06. The van der Waals surface area contributed by atoms with Crippen molar-refractivity contribution in [2.45, 2.75) is 46.6 Å². The van der Waals surface area contributed by atoms with Crippen molar-refractivity contribution in [1.82, 2.24) is 9.13 Å². The number of benzene rings is 1. The number of hydrogen-bond acceptors (Lipinski definition) is 3. The zero-order chi connectivity index (χ0) is 19.0. The number of nitrogens with two attached hydrogens (primary N) is 1. The molecule has 0 spiro atoms. The zero-order valence-corrected chi connectivity index (χ0v) is 15.9. The maximum atomic E-state index is 13.5. The molecular formula is C21H29N3O2. The van der Waals surface area contributed by atoms with Gasteiger partial charge in [-0.05, 0) is 42.7 Å². The molecule has 2 aromatic rings. The zero-order valence-electron chi connectivity index (χ0n) is 15.9. The molecule has 26 heavy (non-hydrogen) atoms. The van der Waals surface area contributed by atoms with Crippen LogP contribution in [0, 0.1) is 23.7 Å².